The second kappa shape index (κ2) is 5.32. The van der Waals surface area contributed by atoms with Crippen LogP contribution in [0.3, 0.4) is 0 Å². The van der Waals surface area contributed by atoms with Gasteiger partial charge in [0.15, 0.2) is 0 Å². The van der Waals surface area contributed by atoms with Crippen LogP contribution in [0.1, 0.15) is 0 Å². The van der Waals surface area contributed by atoms with Crippen LogP contribution in [0, 0.1) is 0 Å². The first kappa shape index (κ1) is 8.74. The van der Waals surface area contributed by atoms with Crippen LogP contribution in [0.2, 0.25) is 0 Å². The summed E-state index contributed by atoms with van der Waals surface area (Å²) in [6, 6.07) is 7.37. The number of hydrogen-bond acceptors (Lipinski definition) is 3. The van der Waals surface area contributed by atoms with Gasteiger partial charge in [0.05, 0.1) is 0 Å². The van der Waals surface area contributed by atoms with Gasteiger partial charge < -0.3 is 5.11 Å². The molecule has 62 valence electrons. The van der Waals surface area contributed by atoms with Crippen LogP contribution in [0.5, 0.6) is 5.75 Å². The van der Waals surface area contributed by atoms with Crippen LogP contribution >= 0.6 is 11.3 Å². The summed E-state index contributed by atoms with van der Waals surface area (Å²) in [5, 5.41) is 12.0. The Balaban J connectivity index is 0.000000120. The van der Waals surface area contributed by atoms with Crippen molar-refractivity contribution in [1.82, 2.24) is 4.98 Å². The zero-order chi connectivity index (χ0) is 8.65. The van der Waals surface area contributed by atoms with E-state index >= 15 is 0 Å². The average molecular weight is 179 g/mol. The molecule has 0 saturated heterocycles. The van der Waals surface area contributed by atoms with E-state index in [-0.39, 0.29) is 0 Å². The topological polar surface area (TPSA) is 33.1 Å². The zero-order valence-electron chi connectivity index (χ0n) is 6.42. The van der Waals surface area contributed by atoms with Gasteiger partial charge in [-0.2, -0.15) is 0 Å². The summed E-state index contributed by atoms with van der Waals surface area (Å²) in [6.45, 7) is 0. The molecule has 2 aromatic rings. The molecule has 0 bridgehead atoms. The van der Waals surface area contributed by atoms with Gasteiger partial charge in [-0.25, -0.2) is 0 Å². The summed E-state index contributed by atoms with van der Waals surface area (Å²) < 4.78 is 0. The first-order valence-corrected chi connectivity index (χ1v) is 4.40. The van der Waals surface area contributed by atoms with Crippen LogP contribution < -0.4 is 0 Å². The fourth-order valence-corrected chi connectivity index (χ4v) is 1.08. The molecule has 0 aliphatic rings. The van der Waals surface area contributed by atoms with E-state index in [1.807, 2.05) is 23.6 Å². The number of nitrogens with zero attached hydrogens (tertiary/aromatic N) is 1. The van der Waals surface area contributed by atoms with Crippen LogP contribution in [0.4, 0.5) is 0 Å². The van der Waals surface area contributed by atoms with Crippen molar-refractivity contribution in [2.24, 2.45) is 0 Å². The highest BCUT2D eigenvalue weighted by molar-refractivity contribution is 7.08. The van der Waals surface area contributed by atoms with Gasteiger partial charge in [-0.15, -0.1) is 11.3 Å². The standard InChI is InChI=1S/C5H5N.C4H4OS/c1-2-4-6-5-3-1;5-4-1-2-6-3-4/h1-5H;1-3,5H. The smallest absolute Gasteiger partial charge is 0.126 e. The second-order valence-electron chi connectivity index (χ2n) is 2.01. The van der Waals surface area contributed by atoms with E-state index in [2.05, 4.69) is 4.98 Å². The number of pyridine rings is 1. The molecular formula is C9H9NOS. The molecule has 2 heterocycles. The largest absolute Gasteiger partial charge is 0.507 e. The first-order chi connectivity index (χ1) is 5.89. The van der Waals surface area contributed by atoms with E-state index in [0.29, 0.717) is 5.75 Å². The summed E-state index contributed by atoms with van der Waals surface area (Å²) in [4.78, 5) is 3.78. The minimum atomic E-state index is 0.361. The summed E-state index contributed by atoms with van der Waals surface area (Å²) in [5.41, 5.74) is 0. The number of aromatic nitrogens is 1. The highest BCUT2D eigenvalue weighted by Gasteiger charge is 1.77. The van der Waals surface area contributed by atoms with Crippen molar-refractivity contribution in [1.29, 1.82) is 0 Å². The molecule has 0 aliphatic heterocycles. The normalized spacial score (nSPS) is 8.33. The van der Waals surface area contributed by atoms with Crippen molar-refractivity contribution in [2.45, 2.75) is 0 Å². The van der Waals surface area contributed by atoms with E-state index in [9.17, 15) is 0 Å². The predicted molar refractivity (Wildman–Crippen MR) is 50.2 cm³/mol. The van der Waals surface area contributed by atoms with E-state index < -0.39 is 0 Å². The van der Waals surface area contributed by atoms with Crippen LogP contribution in [-0.4, -0.2) is 10.1 Å². The Morgan fingerprint density at radius 2 is 1.92 bits per heavy atom. The third-order valence-electron chi connectivity index (χ3n) is 1.07. The Morgan fingerprint density at radius 3 is 2.08 bits per heavy atom. The fraction of sp³-hybridized carbons (Fsp3) is 0. The Morgan fingerprint density at radius 1 is 1.17 bits per heavy atom. The average Bonchev–Trinajstić information content (AvgIpc) is 2.60. The van der Waals surface area contributed by atoms with Crippen molar-refractivity contribution in [3.8, 4) is 5.75 Å². The number of rotatable bonds is 0. The lowest BCUT2D eigenvalue weighted by Crippen LogP contribution is -1.58. The molecule has 0 aliphatic carbocycles. The molecule has 0 amide bonds. The minimum Gasteiger partial charge on any atom is -0.507 e. The summed E-state index contributed by atoms with van der Waals surface area (Å²) in [6.07, 6.45) is 3.50. The monoisotopic (exact) mass is 179 g/mol. The highest BCUT2D eigenvalue weighted by atomic mass is 32.1. The first-order valence-electron chi connectivity index (χ1n) is 3.46. The van der Waals surface area contributed by atoms with Gasteiger partial charge in [-0.1, -0.05) is 6.07 Å². The molecule has 0 fully saturated rings. The minimum absolute atomic E-state index is 0.361. The molecule has 2 nitrogen and oxygen atoms in total. The lowest BCUT2D eigenvalue weighted by molar-refractivity contribution is 0.478. The lowest BCUT2D eigenvalue weighted by Gasteiger charge is -1.70. The quantitative estimate of drug-likeness (QED) is 0.674. The Bertz CT molecular complexity index is 254. The Labute approximate surface area is 75.1 Å². The molecular weight excluding hydrogens is 170 g/mol. The predicted octanol–water partition coefficient (Wildman–Crippen LogP) is 2.54. The summed E-state index contributed by atoms with van der Waals surface area (Å²) in [5.74, 6) is 0.361. The maximum absolute atomic E-state index is 8.48. The third kappa shape index (κ3) is 3.73. The number of thiophene rings is 1. The molecule has 1 N–H and O–H groups in total. The molecule has 0 radical (unpaired) electrons. The van der Waals surface area contributed by atoms with Crippen molar-refractivity contribution >= 4 is 11.3 Å². The molecule has 0 spiro atoms. The van der Waals surface area contributed by atoms with Gasteiger partial charge in [0.25, 0.3) is 0 Å². The molecule has 0 saturated carbocycles. The number of aromatic hydroxyl groups is 1. The van der Waals surface area contributed by atoms with E-state index in [4.69, 9.17) is 5.11 Å². The van der Waals surface area contributed by atoms with Crippen molar-refractivity contribution in [3.05, 3.63) is 47.4 Å². The highest BCUT2D eigenvalue weighted by Crippen LogP contribution is 2.10. The molecule has 2 aromatic heterocycles. The van der Waals surface area contributed by atoms with Gasteiger partial charge in [-0.05, 0) is 23.6 Å². The molecule has 0 atom stereocenters. The van der Waals surface area contributed by atoms with Crippen molar-refractivity contribution < 1.29 is 5.11 Å². The van der Waals surface area contributed by atoms with Gasteiger partial charge in [0.2, 0.25) is 0 Å². The molecule has 0 aromatic carbocycles. The van der Waals surface area contributed by atoms with Crippen LogP contribution in [0.25, 0.3) is 0 Å². The molecule has 0 unspecified atom stereocenters. The maximum Gasteiger partial charge on any atom is 0.126 e. The molecule has 12 heavy (non-hydrogen) atoms. The molecule has 3 heteroatoms. The summed E-state index contributed by atoms with van der Waals surface area (Å²) >= 11 is 1.49. The molecule has 2 rings (SSSR count). The van der Waals surface area contributed by atoms with E-state index in [0.717, 1.165) is 0 Å². The Kier molecular flexibility index (Phi) is 3.88. The Hall–Kier alpha value is -1.35. The zero-order valence-corrected chi connectivity index (χ0v) is 7.24. The van der Waals surface area contributed by atoms with Crippen molar-refractivity contribution in [3.63, 3.8) is 0 Å². The fourth-order valence-electron chi connectivity index (χ4n) is 0.570. The van der Waals surface area contributed by atoms with Gasteiger partial charge in [-0.3, -0.25) is 4.98 Å². The van der Waals surface area contributed by atoms with Crippen molar-refractivity contribution in [2.75, 3.05) is 0 Å². The SMILES string of the molecule is Oc1ccsc1.c1ccncc1. The van der Waals surface area contributed by atoms with Crippen LogP contribution in [0.15, 0.2) is 47.4 Å². The third-order valence-corrected chi connectivity index (χ3v) is 1.74. The van der Waals surface area contributed by atoms with Crippen LogP contribution in [-0.2, 0) is 0 Å². The second-order valence-corrected chi connectivity index (χ2v) is 2.79. The van der Waals surface area contributed by atoms with Gasteiger partial charge >= 0.3 is 0 Å². The summed E-state index contributed by atoms with van der Waals surface area (Å²) in [7, 11) is 0. The maximum atomic E-state index is 8.48. The van der Waals surface area contributed by atoms with Gasteiger partial charge in [0, 0.05) is 17.8 Å². The van der Waals surface area contributed by atoms with Gasteiger partial charge in [0.1, 0.15) is 5.75 Å². The number of hydrogen-bond donors (Lipinski definition) is 1. The van der Waals surface area contributed by atoms with E-state index in [1.165, 1.54) is 11.3 Å². The van der Waals surface area contributed by atoms with E-state index in [1.54, 1.807) is 23.8 Å². The lowest BCUT2D eigenvalue weighted by atomic mass is 10.5.